The molecule has 2 aromatic rings. The molecule has 0 aliphatic heterocycles. The van der Waals surface area contributed by atoms with Crippen molar-refractivity contribution < 1.29 is 9.53 Å². The summed E-state index contributed by atoms with van der Waals surface area (Å²) in [4.78, 5) is 15.7. The molecule has 1 aromatic heterocycles. The van der Waals surface area contributed by atoms with E-state index in [-0.39, 0.29) is 0 Å². The smallest absolute Gasteiger partial charge is 0.333 e. The number of halogens is 1. The third kappa shape index (κ3) is 3.15. The minimum Gasteiger partial charge on any atom is -0.423 e. The van der Waals surface area contributed by atoms with Gasteiger partial charge in [0.15, 0.2) is 0 Å². The van der Waals surface area contributed by atoms with E-state index in [0.717, 1.165) is 4.47 Å². The Bertz CT molecular complexity index is 546. The molecule has 1 unspecified atom stereocenters. The molecule has 0 saturated carbocycles. The van der Waals surface area contributed by atoms with E-state index < -0.39 is 12.0 Å². The fourth-order valence-electron chi connectivity index (χ4n) is 1.42. The normalized spacial score (nSPS) is 11.9. The third-order valence-electron chi connectivity index (χ3n) is 2.31. The molecule has 1 heterocycles. The lowest BCUT2D eigenvalue weighted by atomic mass is 10.1. The topological polar surface area (TPSA) is 65.2 Å². The van der Waals surface area contributed by atoms with Gasteiger partial charge in [0.25, 0.3) is 0 Å². The standard InChI is InChI=1S/C13H11BrN2O2/c14-10-6-11(8-16-7-10)18-13(17)12(15)9-4-2-1-3-5-9/h1-8,12H,15H2. The third-order valence-corrected chi connectivity index (χ3v) is 2.74. The zero-order valence-corrected chi connectivity index (χ0v) is 11.0. The summed E-state index contributed by atoms with van der Waals surface area (Å²) in [7, 11) is 0. The lowest BCUT2D eigenvalue weighted by molar-refractivity contribution is -0.136. The first-order valence-corrected chi connectivity index (χ1v) is 6.09. The fourth-order valence-corrected chi connectivity index (χ4v) is 1.77. The van der Waals surface area contributed by atoms with Gasteiger partial charge in [-0.05, 0) is 27.6 Å². The fraction of sp³-hybridized carbons (Fsp3) is 0.0769. The molecule has 2 N–H and O–H groups in total. The van der Waals surface area contributed by atoms with E-state index in [1.165, 1.54) is 6.20 Å². The molecule has 4 nitrogen and oxygen atoms in total. The van der Waals surface area contributed by atoms with Gasteiger partial charge in [0.05, 0.1) is 6.20 Å². The zero-order valence-electron chi connectivity index (χ0n) is 9.42. The van der Waals surface area contributed by atoms with Gasteiger partial charge in [-0.2, -0.15) is 0 Å². The minimum atomic E-state index is -0.801. The number of pyridine rings is 1. The highest BCUT2D eigenvalue weighted by Crippen LogP contribution is 2.18. The van der Waals surface area contributed by atoms with E-state index in [9.17, 15) is 4.79 Å². The average Bonchev–Trinajstić information content (AvgIpc) is 2.39. The molecule has 0 bridgehead atoms. The van der Waals surface area contributed by atoms with Crippen molar-refractivity contribution in [1.82, 2.24) is 4.98 Å². The maximum absolute atomic E-state index is 11.8. The van der Waals surface area contributed by atoms with Gasteiger partial charge in [-0.25, -0.2) is 4.79 Å². The van der Waals surface area contributed by atoms with Crippen LogP contribution in [0.5, 0.6) is 5.75 Å². The highest BCUT2D eigenvalue weighted by Gasteiger charge is 2.17. The van der Waals surface area contributed by atoms with Gasteiger partial charge in [0.1, 0.15) is 11.8 Å². The SMILES string of the molecule is NC(C(=O)Oc1cncc(Br)c1)c1ccccc1. The molecule has 5 heteroatoms. The molecule has 0 spiro atoms. The summed E-state index contributed by atoms with van der Waals surface area (Å²) in [6.07, 6.45) is 3.06. The number of nitrogens with two attached hydrogens (primary N) is 1. The number of esters is 1. The van der Waals surface area contributed by atoms with Crippen LogP contribution in [0.2, 0.25) is 0 Å². The summed E-state index contributed by atoms with van der Waals surface area (Å²) in [5.41, 5.74) is 6.53. The maximum Gasteiger partial charge on any atom is 0.333 e. The van der Waals surface area contributed by atoms with Crippen LogP contribution >= 0.6 is 15.9 Å². The summed E-state index contributed by atoms with van der Waals surface area (Å²) in [5.74, 6) is -0.151. The summed E-state index contributed by atoms with van der Waals surface area (Å²) in [5, 5.41) is 0. The lowest BCUT2D eigenvalue weighted by Gasteiger charge is -2.11. The van der Waals surface area contributed by atoms with E-state index in [4.69, 9.17) is 10.5 Å². The van der Waals surface area contributed by atoms with E-state index >= 15 is 0 Å². The van der Waals surface area contributed by atoms with Gasteiger partial charge in [-0.15, -0.1) is 0 Å². The van der Waals surface area contributed by atoms with E-state index in [0.29, 0.717) is 11.3 Å². The summed E-state index contributed by atoms with van der Waals surface area (Å²) >= 11 is 3.25. The van der Waals surface area contributed by atoms with E-state index in [1.807, 2.05) is 18.2 Å². The summed E-state index contributed by atoms with van der Waals surface area (Å²) in [6.45, 7) is 0. The Hall–Kier alpha value is -1.72. The Labute approximate surface area is 113 Å². The lowest BCUT2D eigenvalue weighted by Crippen LogP contribution is -2.25. The second kappa shape index (κ2) is 5.75. The number of hydrogen-bond donors (Lipinski definition) is 1. The summed E-state index contributed by atoms with van der Waals surface area (Å²) in [6, 6.07) is 9.93. The van der Waals surface area contributed by atoms with Crippen molar-refractivity contribution in [3.05, 3.63) is 58.8 Å². The molecule has 1 aromatic carbocycles. The summed E-state index contributed by atoms with van der Waals surface area (Å²) < 4.78 is 5.89. The van der Waals surface area contributed by atoms with Crippen molar-refractivity contribution in [2.75, 3.05) is 0 Å². The minimum absolute atomic E-state index is 0.362. The van der Waals surface area contributed by atoms with Crippen LogP contribution in [0.3, 0.4) is 0 Å². The number of ether oxygens (including phenoxy) is 1. The highest BCUT2D eigenvalue weighted by molar-refractivity contribution is 9.10. The van der Waals surface area contributed by atoms with Gasteiger partial charge >= 0.3 is 5.97 Å². The van der Waals surface area contributed by atoms with Crippen LogP contribution in [0.15, 0.2) is 53.3 Å². The quantitative estimate of drug-likeness (QED) is 0.885. The molecule has 0 amide bonds. The first kappa shape index (κ1) is 12.7. The van der Waals surface area contributed by atoms with Crippen LogP contribution in [0.1, 0.15) is 11.6 Å². The van der Waals surface area contributed by atoms with Crippen LogP contribution in [0, 0.1) is 0 Å². The van der Waals surface area contributed by atoms with Crippen LogP contribution in [-0.4, -0.2) is 11.0 Å². The molecule has 2 rings (SSSR count). The number of hydrogen-bond acceptors (Lipinski definition) is 4. The Balaban J connectivity index is 2.09. The van der Waals surface area contributed by atoms with E-state index in [1.54, 1.807) is 24.4 Å². The predicted octanol–water partition coefficient (Wildman–Crippen LogP) is 2.45. The molecule has 1 atom stereocenters. The number of nitrogens with zero attached hydrogens (tertiary/aromatic N) is 1. The number of benzene rings is 1. The first-order chi connectivity index (χ1) is 8.66. The van der Waals surface area contributed by atoms with Gasteiger partial charge in [0.2, 0.25) is 0 Å². The Morgan fingerprint density at radius 1 is 1.28 bits per heavy atom. The van der Waals surface area contributed by atoms with Crippen LogP contribution < -0.4 is 10.5 Å². The van der Waals surface area contributed by atoms with Crippen LogP contribution in [-0.2, 0) is 4.79 Å². The van der Waals surface area contributed by atoms with Crippen LogP contribution in [0.4, 0.5) is 0 Å². The molecule has 0 fully saturated rings. The Morgan fingerprint density at radius 2 is 2.00 bits per heavy atom. The second-order valence-electron chi connectivity index (χ2n) is 3.65. The van der Waals surface area contributed by atoms with Crippen molar-refractivity contribution >= 4 is 21.9 Å². The molecule has 0 saturated heterocycles. The first-order valence-electron chi connectivity index (χ1n) is 5.29. The second-order valence-corrected chi connectivity index (χ2v) is 4.56. The molecule has 0 radical (unpaired) electrons. The average molecular weight is 307 g/mol. The number of rotatable bonds is 3. The highest BCUT2D eigenvalue weighted by atomic mass is 79.9. The molecular formula is C13H11BrN2O2. The number of aromatic nitrogens is 1. The van der Waals surface area contributed by atoms with Crippen molar-refractivity contribution in [2.24, 2.45) is 5.73 Å². The molecular weight excluding hydrogens is 296 g/mol. The van der Waals surface area contributed by atoms with Crippen molar-refractivity contribution in [3.63, 3.8) is 0 Å². The molecule has 0 aliphatic carbocycles. The monoisotopic (exact) mass is 306 g/mol. The van der Waals surface area contributed by atoms with Crippen molar-refractivity contribution in [1.29, 1.82) is 0 Å². The number of carbonyl (C=O) groups excluding carboxylic acids is 1. The van der Waals surface area contributed by atoms with Gasteiger partial charge in [0, 0.05) is 10.7 Å². The molecule has 92 valence electrons. The van der Waals surface area contributed by atoms with Crippen LogP contribution in [0.25, 0.3) is 0 Å². The van der Waals surface area contributed by atoms with Crippen molar-refractivity contribution in [2.45, 2.75) is 6.04 Å². The zero-order chi connectivity index (χ0) is 13.0. The van der Waals surface area contributed by atoms with Gasteiger partial charge in [-0.3, -0.25) is 4.98 Å². The van der Waals surface area contributed by atoms with Crippen molar-refractivity contribution in [3.8, 4) is 5.75 Å². The molecule has 0 aliphatic rings. The largest absolute Gasteiger partial charge is 0.423 e. The van der Waals surface area contributed by atoms with Gasteiger partial charge < -0.3 is 10.5 Å². The number of carbonyl (C=O) groups is 1. The maximum atomic E-state index is 11.8. The molecule has 18 heavy (non-hydrogen) atoms. The Kier molecular flexibility index (Phi) is 4.07. The Morgan fingerprint density at radius 3 is 2.67 bits per heavy atom. The van der Waals surface area contributed by atoms with Gasteiger partial charge in [-0.1, -0.05) is 30.3 Å². The van der Waals surface area contributed by atoms with E-state index in [2.05, 4.69) is 20.9 Å². The predicted molar refractivity (Wildman–Crippen MR) is 70.9 cm³/mol.